The Hall–Kier alpha value is -2.47. The maximum absolute atomic E-state index is 12.6. The Labute approximate surface area is 170 Å². The van der Waals surface area contributed by atoms with E-state index in [-0.39, 0.29) is 12.1 Å². The lowest BCUT2D eigenvalue weighted by Crippen LogP contribution is -2.41. The van der Waals surface area contributed by atoms with Crippen molar-refractivity contribution in [3.05, 3.63) is 71.3 Å². The number of ether oxygens (including phenoxy) is 1. The minimum absolute atomic E-state index is 0.101. The number of carbonyl (C=O) groups is 2. The van der Waals surface area contributed by atoms with E-state index in [1.165, 1.54) is 21.3 Å². The molecule has 2 aromatic carbocycles. The van der Waals surface area contributed by atoms with Gasteiger partial charge in [0.15, 0.2) is 0 Å². The largest absolute Gasteiger partial charge is 0.467 e. The number of hydrogen-bond acceptors (Lipinski definition) is 6. The highest BCUT2D eigenvalue weighted by Crippen LogP contribution is 2.49. The van der Waals surface area contributed by atoms with Crippen molar-refractivity contribution in [2.24, 2.45) is 0 Å². The summed E-state index contributed by atoms with van der Waals surface area (Å²) in [6, 6.07) is 15.5. The average molecular weight is 419 g/mol. The van der Waals surface area contributed by atoms with Crippen LogP contribution in [0.25, 0.3) is 0 Å². The van der Waals surface area contributed by atoms with E-state index in [2.05, 4.69) is 5.32 Å². The van der Waals surface area contributed by atoms with E-state index in [0.717, 1.165) is 5.56 Å². The van der Waals surface area contributed by atoms with Crippen LogP contribution in [-0.4, -0.2) is 39.2 Å². The van der Waals surface area contributed by atoms with Gasteiger partial charge >= 0.3 is 13.6 Å². The Bertz CT molecular complexity index is 845. The van der Waals surface area contributed by atoms with Crippen molar-refractivity contribution in [1.29, 1.82) is 0 Å². The molecule has 29 heavy (non-hydrogen) atoms. The molecule has 0 aromatic heterocycles. The van der Waals surface area contributed by atoms with Crippen LogP contribution in [0, 0.1) is 0 Å². The van der Waals surface area contributed by atoms with E-state index < -0.39 is 19.6 Å². The summed E-state index contributed by atoms with van der Waals surface area (Å²) in [6.45, 7) is 0. The Balaban J connectivity index is 2.02. The highest BCUT2D eigenvalue weighted by Gasteiger charge is 2.23. The fraction of sp³-hybridized carbons (Fsp3) is 0.333. The van der Waals surface area contributed by atoms with E-state index in [9.17, 15) is 14.2 Å². The predicted octanol–water partition coefficient (Wildman–Crippen LogP) is 3.58. The zero-order valence-electron chi connectivity index (χ0n) is 16.8. The number of hydrogen-bond donors (Lipinski definition) is 1. The number of amides is 1. The molecule has 0 saturated carbocycles. The molecule has 2 aromatic rings. The molecule has 1 atom stereocenters. The number of esters is 1. The fourth-order valence-electron chi connectivity index (χ4n) is 2.78. The third-order valence-corrected chi connectivity index (χ3v) is 6.37. The molecule has 0 heterocycles. The molecule has 1 N–H and O–H groups in total. The molecule has 0 unspecified atom stereocenters. The van der Waals surface area contributed by atoms with Gasteiger partial charge in [0.05, 0.1) is 13.3 Å². The maximum Gasteiger partial charge on any atom is 0.334 e. The summed E-state index contributed by atoms with van der Waals surface area (Å²) in [6.07, 6.45) is 1.15. The van der Waals surface area contributed by atoms with Crippen molar-refractivity contribution in [1.82, 2.24) is 5.32 Å². The van der Waals surface area contributed by atoms with Gasteiger partial charge in [-0.3, -0.25) is 9.36 Å². The summed E-state index contributed by atoms with van der Waals surface area (Å²) < 4.78 is 26.9. The van der Waals surface area contributed by atoms with Crippen LogP contribution in [0.2, 0.25) is 0 Å². The second-order valence-corrected chi connectivity index (χ2v) is 8.67. The first-order valence-corrected chi connectivity index (χ1v) is 10.9. The Morgan fingerprint density at radius 3 is 2.10 bits per heavy atom. The number of carbonyl (C=O) groups excluding carboxylic acids is 2. The maximum atomic E-state index is 12.6. The van der Waals surface area contributed by atoms with Gasteiger partial charge in [-0.15, -0.1) is 0 Å². The van der Waals surface area contributed by atoms with E-state index in [1.807, 2.05) is 30.3 Å². The summed E-state index contributed by atoms with van der Waals surface area (Å²) in [5.41, 5.74) is 2.16. The first-order valence-electron chi connectivity index (χ1n) is 9.13. The van der Waals surface area contributed by atoms with Gasteiger partial charge in [-0.1, -0.05) is 42.5 Å². The number of aryl methyl sites for hydroxylation is 1. The number of rotatable bonds is 10. The zero-order chi connectivity index (χ0) is 21.3. The van der Waals surface area contributed by atoms with Gasteiger partial charge in [-0.05, 0) is 36.1 Å². The minimum Gasteiger partial charge on any atom is -0.467 e. The molecule has 0 spiro atoms. The lowest BCUT2D eigenvalue weighted by Gasteiger charge is -2.17. The Kier molecular flexibility index (Phi) is 8.58. The standard InChI is InChI=1S/C21H26NO6P/c1-26-21(24)19(14-11-16-7-5-4-6-8-16)22-20(23)18-12-9-17(10-13-18)15-29(25,27-2)28-3/h4-10,12-13,19H,11,14-15H2,1-3H3,(H,22,23)/t19-/m0/s1. The third-order valence-electron chi connectivity index (χ3n) is 4.50. The molecular weight excluding hydrogens is 393 g/mol. The predicted molar refractivity (Wildman–Crippen MR) is 110 cm³/mol. The highest BCUT2D eigenvalue weighted by atomic mass is 31.2. The van der Waals surface area contributed by atoms with Crippen LogP contribution in [0.4, 0.5) is 0 Å². The molecule has 0 saturated heterocycles. The third kappa shape index (κ3) is 6.82. The zero-order valence-corrected chi connectivity index (χ0v) is 17.7. The van der Waals surface area contributed by atoms with Crippen LogP contribution >= 0.6 is 7.60 Å². The molecular formula is C21H26NO6P. The highest BCUT2D eigenvalue weighted by molar-refractivity contribution is 7.52. The van der Waals surface area contributed by atoms with Crippen LogP contribution in [0.15, 0.2) is 54.6 Å². The average Bonchev–Trinajstić information content (AvgIpc) is 2.77. The molecule has 0 aliphatic rings. The molecule has 156 valence electrons. The molecule has 0 bridgehead atoms. The monoisotopic (exact) mass is 419 g/mol. The Morgan fingerprint density at radius 1 is 0.931 bits per heavy atom. The van der Waals surface area contributed by atoms with Gasteiger partial charge in [-0.2, -0.15) is 0 Å². The van der Waals surface area contributed by atoms with Crippen LogP contribution in [0.5, 0.6) is 0 Å². The second kappa shape index (κ2) is 10.9. The molecule has 0 fully saturated rings. The van der Waals surface area contributed by atoms with Crippen molar-refractivity contribution >= 4 is 19.5 Å². The van der Waals surface area contributed by atoms with Gasteiger partial charge in [-0.25, -0.2) is 4.79 Å². The summed E-state index contributed by atoms with van der Waals surface area (Å²) in [5, 5.41) is 2.73. The van der Waals surface area contributed by atoms with Gasteiger partial charge in [0, 0.05) is 19.8 Å². The summed E-state index contributed by atoms with van der Waals surface area (Å²) in [7, 11) is 0.768. The van der Waals surface area contributed by atoms with Crippen LogP contribution < -0.4 is 5.32 Å². The second-order valence-electron chi connectivity index (χ2n) is 6.40. The molecule has 7 nitrogen and oxygen atoms in total. The lowest BCUT2D eigenvalue weighted by molar-refractivity contribution is -0.143. The normalized spacial score (nSPS) is 12.2. The summed E-state index contributed by atoms with van der Waals surface area (Å²) in [4.78, 5) is 24.7. The summed E-state index contributed by atoms with van der Waals surface area (Å²) in [5.74, 6) is -0.881. The fourth-order valence-corrected chi connectivity index (χ4v) is 3.84. The Morgan fingerprint density at radius 2 is 1.55 bits per heavy atom. The summed E-state index contributed by atoms with van der Waals surface area (Å²) >= 11 is 0. The van der Waals surface area contributed by atoms with Crippen molar-refractivity contribution in [3.63, 3.8) is 0 Å². The number of methoxy groups -OCH3 is 1. The minimum atomic E-state index is -3.18. The molecule has 0 aliphatic carbocycles. The van der Waals surface area contributed by atoms with Crippen molar-refractivity contribution in [2.45, 2.75) is 25.0 Å². The molecule has 0 radical (unpaired) electrons. The van der Waals surface area contributed by atoms with E-state index in [0.29, 0.717) is 24.0 Å². The van der Waals surface area contributed by atoms with Crippen molar-refractivity contribution < 1.29 is 27.9 Å². The van der Waals surface area contributed by atoms with Gasteiger partial charge < -0.3 is 19.1 Å². The number of benzene rings is 2. The van der Waals surface area contributed by atoms with Gasteiger partial charge in [0.1, 0.15) is 6.04 Å². The number of nitrogens with one attached hydrogen (secondary N) is 1. The van der Waals surface area contributed by atoms with Gasteiger partial charge in [0.2, 0.25) is 0 Å². The van der Waals surface area contributed by atoms with Crippen LogP contribution in [-0.2, 0) is 35.7 Å². The lowest BCUT2D eigenvalue weighted by atomic mass is 10.0. The first kappa shape index (κ1) is 22.8. The van der Waals surface area contributed by atoms with E-state index in [1.54, 1.807) is 24.3 Å². The van der Waals surface area contributed by atoms with Crippen molar-refractivity contribution in [3.8, 4) is 0 Å². The first-order chi connectivity index (χ1) is 13.9. The topological polar surface area (TPSA) is 90.9 Å². The van der Waals surface area contributed by atoms with Crippen LogP contribution in [0.3, 0.4) is 0 Å². The van der Waals surface area contributed by atoms with Gasteiger partial charge in [0.25, 0.3) is 5.91 Å². The van der Waals surface area contributed by atoms with E-state index >= 15 is 0 Å². The quantitative estimate of drug-likeness (QED) is 0.468. The molecule has 2 rings (SSSR count). The smallest absolute Gasteiger partial charge is 0.334 e. The van der Waals surface area contributed by atoms with Crippen LogP contribution in [0.1, 0.15) is 27.9 Å². The SMILES string of the molecule is COC(=O)[C@H](CCc1ccccc1)NC(=O)c1ccc(CP(=O)(OC)OC)cc1. The molecule has 0 aliphatic heterocycles. The molecule has 1 amide bonds. The van der Waals surface area contributed by atoms with Crippen molar-refractivity contribution in [2.75, 3.05) is 21.3 Å². The van der Waals surface area contributed by atoms with E-state index in [4.69, 9.17) is 13.8 Å². The molecule has 8 heteroatoms.